The first kappa shape index (κ1) is 33.0. The Morgan fingerprint density at radius 1 is 0.351 bits per heavy atom. The van der Waals surface area contributed by atoms with Gasteiger partial charge in [-0.1, -0.05) is 188 Å². The van der Waals surface area contributed by atoms with Gasteiger partial charge in [-0.15, -0.1) is 0 Å². The second-order valence-corrected chi connectivity index (χ2v) is 14.8. The van der Waals surface area contributed by atoms with Crippen molar-refractivity contribution in [2.24, 2.45) is 0 Å². The van der Waals surface area contributed by atoms with E-state index in [1.54, 1.807) is 0 Å². The molecule has 1 aromatic heterocycles. The van der Waals surface area contributed by atoms with Crippen molar-refractivity contribution < 1.29 is 4.42 Å². The number of benzene rings is 9. The van der Waals surface area contributed by atoms with Crippen molar-refractivity contribution in [2.75, 3.05) is 4.90 Å². The molecule has 1 aliphatic carbocycles. The molecule has 10 aromatic rings. The van der Waals surface area contributed by atoms with E-state index in [0.29, 0.717) is 0 Å². The summed E-state index contributed by atoms with van der Waals surface area (Å²) in [5, 5.41) is 2.19. The van der Waals surface area contributed by atoms with E-state index in [-0.39, 0.29) is 0 Å². The number of furan rings is 1. The van der Waals surface area contributed by atoms with E-state index >= 15 is 0 Å². The molecule has 0 saturated carbocycles. The van der Waals surface area contributed by atoms with Gasteiger partial charge in [0.1, 0.15) is 5.58 Å². The van der Waals surface area contributed by atoms with E-state index in [2.05, 4.69) is 223 Å². The van der Waals surface area contributed by atoms with Gasteiger partial charge in [0.2, 0.25) is 0 Å². The summed E-state index contributed by atoms with van der Waals surface area (Å²) in [4.78, 5) is 2.42. The van der Waals surface area contributed by atoms with Crippen LogP contribution in [-0.2, 0) is 5.41 Å². The standard InChI is InChI=1S/C55H37NO/c1-5-18-38(19-6-1)40-32-35-51(48(36-40)39-20-7-2-8-21-39)56(52-30-17-28-47-46-27-14-16-31-53(46)57-54(47)52)43-33-34-45-44-26-13-15-29-49(44)55(50(45)37-43,41-22-9-3-10-23-41)42-24-11-4-12-25-42/h1-37H. The maximum atomic E-state index is 6.83. The van der Waals surface area contributed by atoms with Gasteiger partial charge in [0.15, 0.2) is 5.58 Å². The summed E-state index contributed by atoms with van der Waals surface area (Å²) in [7, 11) is 0. The summed E-state index contributed by atoms with van der Waals surface area (Å²) in [5.74, 6) is 0. The van der Waals surface area contributed by atoms with Crippen LogP contribution in [0.5, 0.6) is 0 Å². The van der Waals surface area contributed by atoms with Crippen LogP contribution in [0.1, 0.15) is 22.3 Å². The SMILES string of the molecule is c1ccc(-c2ccc(N(c3ccc4c(c3)C(c3ccccc3)(c3ccccc3)c3ccccc3-4)c3cccc4c3oc3ccccc34)c(-c3ccccc3)c2)cc1. The number of para-hydroxylation sites is 2. The van der Waals surface area contributed by atoms with Crippen LogP contribution in [0, 0.1) is 0 Å². The lowest BCUT2D eigenvalue weighted by molar-refractivity contribution is 0.669. The molecule has 2 heteroatoms. The largest absolute Gasteiger partial charge is 0.454 e. The number of hydrogen-bond donors (Lipinski definition) is 0. The minimum absolute atomic E-state index is 0.541. The summed E-state index contributed by atoms with van der Waals surface area (Å²) in [6, 6.07) is 81.2. The van der Waals surface area contributed by atoms with E-state index in [0.717, 1.165) is 55.7 Å². The van der Waals surface area contributed by atoms with Crippen LogP contribution < -0.4 is 4.90 Å². The van der Waals surface area contributed by atoms with Gasteiger partial charge in [0.25, 0.3) is 0 Å². The van der Waals surface area contributed by atoms with E-state index in [1.165, 1.54) is 38.9 Å². The quantitative estimate of drug-likeness (QED) is 0.163. The molecule has 11 rings (SSSR count). The Bertz CT molecular complexity index is 3020. The highest BCUT2D eigenvalue weighted by Gasteiger charge is 2.46. The molecule has 268 valence electrons. The molecule has 0 aliphatic heterocycles. The summed E-state index contributed by atoms with van der Waals surface area (Å²) in [6.07, 6.45) is 0. The fraction of sp³-hybridized carbons (Fsp3) is 0.0182. The molecule has 1 heterocycles. The van der Waals surface area contributed by atoms with Gasteiger partial charge in [-0.2, -0.15) is 0 Å². The number of hydrogen-bond acceptors (Lipinski definition) is 2. The second-order valence-electron chi connectivity index (χ2n) is 14.8. The highest BCUT2D eigenvalue weighted by Crippen LogP contribution is 2.58. The van der Waals surface area contributed by atoms with Crippen LogP contribution in [0.3, 0.4) is 0 Å². The number of fused-ring (bicyclic) bond motifs is 6. The van der Waals surface area contributed by atoms with E-state index < -0.39 is 5.41 Å². The van der Waals surface area contributed by atoms with Gasteiger partial charge < -0.3 is 9.32 Å². The van der Waals surface area contributed by atoms with Crippen LogP contribution >= 0.6 is 0 Å². The van der Waals surface area contributed by atoms with Gasteiger partial charge in [-0.3, -0.25) is 0 Å². The zero-order chi connectivity index (χ0) is 37.8. The number of nitrogens with zero attached hydrogens (tertiary/aromatic N) is 1. The predicted octanol–water partition coefficient (Wildman–Crippen LogP) is 14.8. The van der Waals surface area contributed by atoms with Crippen molar-refractivity contribution in [2.45, 2.75) is 5.41 Å². The van der Waals surface area contributed by atoms with Crippen LogP contribution in [0.15, 0.2) is 229 Å². The first-order valence-electron chi connectivity index (χ1n) is 19.6. The third-order valence-corrected chi connectivity index (χ3v) is 11.8. The highest BCUT2D eigenvalue weighted by atomic mass is 16.3. The van der Waals surface area contributed by atoms with Gasteiger partial charge in [-0.05, 0) is 86.5 Å². The van der Waals surface area contributed by atoms with Crippen molar-refractivity contribution in [3.8, 4) is 33.4 Å². The number of rotatable bonds is 7. The maximum absolute atomic E-state index is 6.83. The maximum Gasteiger partial charge on any atom is 0.159 e. The van der Waals surface area contributed by atoms with Crippen molar-refractivity contribution in [1.29, 1.82) is 0 Å². The first-order chi connectivity index (χ1) is 28.3. The number of anilines is 3. The molecule has 0 radical (unpaired) electrons. The molecule has 2 nitrogen and oxygen atoms in total. The summed E-state index contributed by atoms with van der Waals surface area (Å²) in [5.41, 5.74) is 16.4. The molecule has 57 heavy (non-hydrogen) atoms. The van der Waals surface area contributed by atoms with Gasteiger partial charge >= 0.3 is 0 Å². The lowest BCUT2D eigenvalue weighted by atomic mass is 9.67. The minimum Gasteiger partial charge on any atom is -0.454 e. The average Bonchev–Trinajstić information content (AvgIpc) is 3.82. The van der Waals surface area contributed by atoms with Gasteiger partial charge in [-0.25, -0.2) is 0 Å². The Hall–Kier alpha value is -7.42. The predicted molar refractivity (Wildman–Crippen MR) is 237 cm³/mol. The van der Waals surface area contributed by atoms with E-state index in [9.17, 15) is 0 Å². The topological polar surface area (TPSA) is 16.4 Å². The molecular formula is C55H37NO. The third kappa shape index (κ3) is 5.18. The van der Waals surface area contributed by atoms with Crippen molar-refractivity contribution in [1.82, 2.24) is 0 Å². The van der Waals surface area contributed by atoms with Crippen molar-refractivity contribution in [3.63, 3.8) is 0 Å². The zero-order valence-electron chi connectivity index (χ0n) is 31.2. The Morgan fingerprint density at radius 3 is 1.68 bits per heavy atom. The first-order valence-corrected chi connectivity index (χ1v) is 19.6. The molecule has 0 N–H and O–H groups in total. The monoisotopic (exact) mass is 727 g/mol. The molecule has 0 saturated heterocycles. The lowest BCUT2D eigenvalue weighted by Crippen LogP contribution is -2.28. The third-order valence-electron chi connectivity index (χ3n) is 11.8. The highest BCUT2D eigenvalue weighted by molar-refractivity contribution is 6.11. The van der Waals surface area contributed by atoms with Crippen molar-refractivity contribution in [3.05, 3.63) is 247 Å². The van der Waals surface area contributed by atoms with Crippen LogP contribution in [-0.4, -0.2) is 0 Å². The van der Waals surface area contributed by atoms with E-state index in [1.807, 2.05) is 6.07 Å². The molecule has 9 aromatic carbocycles. The van der Waals surface area contributed by atoms with Crippen LogP contribution in [0.2, 0.25) is 0 Å². The Labute approximate surface area is 332 Å². The van der Waals surface area contributed by atoms with Crippen LogP contribution in [0.25, 0.3) is 55.3 Å². The molecule has 0 bridgehead atoms. The summed E-state index contributed by atoms with van der Waals surface area (Å²) >= 11 is 0. The van der Waals surface area contributed by atoms with E-state index in [4.69, 9.17) is 4.42 Å². The normalized spacial score (nSPS) is 12.7. The zero-order valence-corrected chi connectivity index (χ0v) is 31.2. The Balaban J connectivity index is 1.24. The molecule has 0 amide bonds. The molecule has 1 aliphatic rings. The smallest absolute Gasteiger partial charge is 0.159 e. The Morgan fingerprint density at radius 2 is 0.947 bits per heavy atom. The minimum atomic E-state index is -0.541. The van der Waals surface area contributed by atoms with Gasteiger partial charge in [0, 0.05) is 22.0 Å². The summed E-state index contributed by atoms with van der Waals surface area (Å²) < 4.78 is 6.83. The molecule has 0 fully saturated rings. The molecule has 0 unspecified atom stereocenters. The van der Waals surface area contributed by atoms with Crippen LogP contribution in [0.4, 0.5) is 17.1 Å². The Kier molecular flexibility index (Phi) is 7.75. The van der Waals surface area contributed by atoms with Crippen molar-refractivity contribution >= 4 is 39.0 Å². The second kappa shape index (κ2) is 13.4. The molecular weight excluding hydrogens is 691 g/mol. The average molecular weight is 728 g/mol. The van der Waals surface area contributed by atoms with Gasteiger partial charge in [0.05, 0.1) is 16.8 Å². The fourth-order valence-electron chi connectivity index (χ4n) is 9.28. The summed E-state index contributed by atoms with van der Waals surface area (Å²) in [6.45, 7) is 0. The molecule has 0 atom stereocenters. The molecule has 0 spiro atoms. The lowest BCUT2D eigenvalue weighted by Gasteiger charge is -2.35. The fourth-order valence-corrected chi connectivity index (χ4v) is 9.28.